The molecular formula is C17H24F4N2O. The average Bonchev–Trinajstić information content (AvgIpc) is 2.57. The highest BCUT2D eigenvalue weighted by Crippen LogP contribution is 2.33. The van der Waals surface area contributed by atoms with Crippen molar-refractivity contribution in [3.8, 4) is 5.75 Å². The fraction of sp³-hybridized carbons (Fsp3) is 0.647. The second kappa shape index (κ2) is 8.16. The van der Waals surface area contributed by atoms with Crippen LogP contribution < -0.4 is 10.1 Å². The van der Waals surface area contributed by atoms with E-state index in [-0.39, 0.29) is 11.8 Å². The van der Waals surface area contributed by atoms with Crippen LogP contribution in [0.15, 0.2) is 24.3 Å². The number of hydrogen-bond acceptors (Lipinski definition) is 3. The summed E-state index contributed by atoms with van der Waals surface area (Å²) in [6.45, 7) is 7.92. The number of halogens is 4. The third-order valence-corrected chi connectivity index (χ3v) is 4.46. The topological polar surface area (TPSA) is 24.5 Å². The molecule has 0 saturated carbocycles. The van der Waals surface area contributed by atoms with E-state index in [1.54, 1.807) is 12.1 Å². The third kappa shape index (κ3) is 4.60. The van der Waals surface area contributed by atoms with Crippen LogP contribution in [0.4, 0.5) is 17.6 Å². The van der Waals surface area contributed by atoms with Gasteiger partial charge in [0.2, 0.25) is 0 Å². The van der Waals surface area contributed by atoms with Crippen molar-refractivity contribution in [1.82, 2.24) is 10.2 Å². The molecule has 7 heteroatoms. The maximum atomic E-state index is 13.0. The molecule has 1 fully saturated rings. The fourth-order valence-corrected chi connectivity index (χ4v) is 3.02. The van der Waals surface area contributed by atoms with Gasteiger partial charge in [-0.15, -0.1) is 0 Å². The van der Waals surface area contributed by atoms with Gasteiger partial charge in [-0.2, -0.15) is 17.6 Å². The van der Waals surface area contributed by atoms with E-state index in [1.807, 2.05) is 0 Å². The highest BCUT2D eigenvalue weighted by atomic mass is 19.3. The zero-order valence-corrected chi connectivity index (χ0v) is 13.9. The Labute approximate surface area is 140 Å². The van der Waals surface area contributed by atoms with Gasteiger partial charge in [-0.1, -0.05) is 32.4 Å². The number of piperazine rings is 1. The summed E-state index contributed by atoms with van der Waals surface area (Å²) in [6, 6.07) is 6.22. The van der Waals surface area contributed by atoms with Crippen LogP contribution in [0.25, 0.3) is 0 Å². The highest BCUT2D eigenvalue weighted by Gasteiger charge is 2.44. The molecule has 0 radical (unpaired) electrons. The van der Waals surface area contributed by atoms with Crippen molar-refractivity contribution in [2.24, 2.45) is 5.92 Å². The Bertz CT molecular complexity index is 504. The van der Waals surface area contributed by atoms with Gasteiger partial charge >= 0.3 is 12.5 Å². The molecule has 0 spiro atoms. The van der Waals surface area contributed by atoms with Crippen molar-refractivity contribution < 1.29 is 22.3 Å². The standard InChI is InChI=1S/C17H24F4N2O/c1-3-12(2)15(23-10-8-22-9-11-23)13-4-6-14(7-5-13)24-17(20,21)16(18)19/h4-7,12,15-16,22H,3,8-11H2,1-2H3/t12?,15-/m1/s1. The molecule has 0 aromatic heterocycles. The van der Waals surface area contributed by atoms with Gasteiger partial charge in [-0.25, -0.2) is 0 Å². The second-order valence-corrected chi connectivity index (χ2v) is 6.15. The van der Waals surface area contributed by atoms with Gasteiger partial charge in [-0.05, 0) is 23.6 Å². The molecule has 1 unspecified atom stereocenters. The van der Waals surface area contributed by atoms with Crippen LogP contribution in [-0.2, 0) is 0 Å². The largest absolute Gasteiger partial charge is 0.461 e. The summed E-state index contributed by atoms with van der Waals surface area (Å²) in [5, 5.41) is 3.31. The van der Waals surface area contributed by atoms with Crippen LogP contribution in [0.1, 0.15) is 31.9 Å². The molecule has 2 atom stereocenters. The Morgan fingerprint density at radius 2 is 1.75 bits per heavy atom. The Kier molecular flexibility index (Phi) is 6.46. The molecule has 24 heavy (non-hydrogen) atoms. The summed E-state index contributed by atoms with van der Waals surface area (Å²) in [7, 11) is 0. The van der Waals surface area contributed by atoms with Gasteiger partial charge in [0.25, 0.3) is 0 Å². The predicted octanol–water partition coefficient (Wildman–Crippen LogP) is 3.92. The maximum Gasteiger partial charge on any atom is 0.461 e. The fourth-order valence-electron chi connectivity index (χ4n) is 3.02. The molecule has 1 aromatic rings. The second-order valence-electron chi connectivity index (χ2n) is 6.15. The summed E-state index contributed by atoms with van der Waals surface area (Å²) < 4.78 is 54.5. The summed E-state index contributed by atoms with van der Waals surface area (Å²) in [6.07, 6.45) is -7.35. The van der Waals surface area contributed by atoms with Gasteiger partial charge in [0, 0.05) is 32.2 Å². The first-order valence-corrected chi connectivity index (χ1v) is 8.25. The average molecular weight is 348 g/mol. The molecule has 1 saturated heterocycles. The Morgan fingerprint density at radius 1 is 1.17 bits per heavy atom. The number of alkyl halides is 4. The lowest BCUT2D eigenvalue weighted by Gasteiger charge is -2.38. The van der Waals surface area contributed by atoms with Crippen molar-refractivity contribution in [2.75, 3.05) is 26.2 Å². The van der Waals surface area contributed by atoms with Gasteiger partial charge in [0.1, 0.15) is 5.75 Å². The van der Waals surface area contributed by atoms with E-state index < -0.39 is 12.5 Å². The Hall–Kier alpha value is -1.34. The van der Waals surface area contributed by atoms with Crippen LogP contribution in [0, 0.1) is 5.92 Å². The van der Waals surface area contributed by atoms with Crippen LogP contribution in [0.2, 0.25) is 0 Å². The molecule has 1 heterocycles. The first kappa shape index (κ1) is 19.0. The van der Waals surface area contributed by atoms with E-state index in [1.165, 1.54) is 12.1 Å². The Morgan fingerprint density at radius 3 is 2.25 bits per heavy atom. The molecule has 1 aromatic carbocycles. The minimum absolute atomic E-state index is 0.168. The van der Waals surface area contributed by atoms with E-state index in [0.29, 0.717) is 5.92 Å². The molecule has 3 nitrogen and oxygen atoms in total. The first-order chi connectivity index (χ1) is 11.3. The number of benzene rings is 1. The minimum atomic E-state index is -4.48. The van der Waals surface area contributed by atoms with E-state index in [2.05, 4.69) is 28.8 Å². The molecule has 136 valence electrons. The zero-order chi connectivity index (χ0) is 17.7. The molecule has 0 amide bonds. The molecule has 0 bridgehead atoms. The predicted molar refractivity (Wildman–Crippen MR) is 84.7 cm³/mol. The van der Waals surface area contributed by atoms with Crippen molar-refractivity contribution >= 4 is 0 Å². The van der Waals surface area contributed by atoms with Gasteiger partial charge in [0.15, 0.2) is 0 Å². The van der Waals surface area contributed by atoms with Crippen molar-refractivity contribution in [1.29, 1.82) is 0 Å². The summed E-state index contributed by atoms with van der Waals surface area (Å²) >= 11 is 0. The lowest BCUT2D eigenvalue weighted by molar-refractivity contribution is -0.253. The molecule has 1 aliphatic heterocycles. The van der Waals surface area contributed by atoms with Gasteiger partial charge in [0.05, 0.1) is 0 Å². The normalized spacial score (nSPS) is 19.3. The molecule has 1 aliphatic rings. The zero-order valence-electron chi connectivity index (χ0n) is 13.9. The lowest BCUT2D eigenvalue weighted by Crippen LogP contribution is -2.46. The number of nitrogens with one attached hydrogen (secondary N) is 1. The number of hydrogen-bond donors (Lipinski definition) is 1. The van der Waals surface area contributed by atoms with Crippen LogP contribution in [-0.4, -0.2) is 43.6 Å². The van der Waals surface area contributed by atoms with E-state index in [4.69, 9.17) is 0 Å². The number of ether oxygens (including phenoxy) is 1. The van der Waals surface area contributed by atoms with Gasteiger partial charge in [-0.3, -0.25) is 4.90 Å². The van der Waals surface area contributed by atoms with Gasteiger partial charge < -0.3 is 10.1 Å². The minimum Gasteiger partial charge on any atom is -0.428 e. The smallest absolute Gasteiger partial charge is 0.428 e. The third-order valence-electron chi connectivity index (χ3n) is 4.46. The van der Waals surface area contributed by atoms with E-state index in [0.717, 1.165) is 38.2 Å². The monoisotopic (exact) mass is 348 g/mol. The summed E-state index contributed by atoms with van der Waals surface area (Å²) in [4.78, 5) is 2.37. The lowest BCUT2D eigenvalue weighted by atomic mass is 9.90. The first-order valence-electron chi connectivity index (χ1n) is 8.25. The molecule has 0 aliphatic carbocycles. The van der Waals surface area contributed by atoms with E-state index in [9.17, 15) is 17.6 Å². The summed E-state index contributed by atoms with van der Waals surface area (Å²) in [5.74, 6) is 0.129. The van der Waals surface area contributed by atoms with Crippen LogP contribution in [0.5, 0.6) is 5.75 Å². The SMILES string of the molecule is CCC(C)[C@H](c1ccc(OC(F)(F)C(F)F)cc1)N1CCNCC1. The van der Waals surface area contributed by atoms with Crippen molar-refractivity contribution in [3.63, 3.8) is 0 Å². The van der Waals surface area contributed by atoms with Crippen molar-refractivity contribution in [3.05, 3.63) is 29.8 Å². The number of nitrogens with zero attached hydrogens (tertiary/aromatic N) is 1. The quantitative estimate of drug-likeness (QED) is 0.756. The van der Waals surface area contributed by atoms with Crippen LogP contribution >= 0.6 is 0 Å². The highest BCUT2D eigenvalue weighted by molar-refractivity contribution is 5.30. The maximum absolute atomic E-state index is 13.0. The Balaban J connectivity index is 2.16. The van der Waals surface area contributed by atoms with Crippen LogP contribution in [0.3, 0.4) is 0 Å². The molecular weight excluding hydrogens is 324 g/mol. The number of rotatable bonds is 7. The van der Waals surface area contributed by atoms with Crippen molar-refractivity contribution in [2.45, 2.75) is 38.8 Å². The summed E-state index contributed by atoms with van der Waals surface area (Å²) in [5.41, 5.74) is 0.985. The molecule has 1 N–H and O–H groups in total. The molecule has 2 rings (SSSR count). The van der Waals surface area contributed by atoms with E-state index >= 15 is 0 Å².